The highest BCUT2D eigenvalue weighted by atomic mass is 16.2. The van der Waals surface area contributed by atoms with Gasteiger partial charge in [0.2, 0.25) is 5.91 Å². The Kier molecular flexibility index (Phi) is 7.29. The van der Waals surface area contributed by atoms with Gasteiger partial charge in [0, 0.05) is 30.9 Å². The molecule has 0 unspecified atom stereocenters. The molecule has 0 fully saturated rings. The van der Waals surface area contributed by atoms with E-state index in [1.165, 1.54) is 11.3 Å². The van der Waals surface area contributed by atoms with Gasteiger partial charge in [0.25, 0.3) is 0 Å². The molecule has 0 spiro atoms. The van der Waals surface area contributed by atoms with Gasteiger partial charge >= 0.3 is 0 Å². The fraction of sp³-hybridized carbons (Fsp3) is 0.542. The summed E-state index contributed by atoms with van der Waals surface area (Å²) in [6.45, 7) is 14.6. The summed E-state index contributed by atoms with van der Waals surface area (Å²) < 4.78 is 2.25. The summed E-state index contributed by atoms with van der Waals surface area (Å²) in [6, 6.07) is 14.9. The minimum absolute atomic E-state index is 0.194. The number of nitrogens with zero attached hydrogens (tertiary/aromatic N) is 2. The fourth-order valence-corrected chi connectivity index (χ4v) is 3.79. The summed E-state index contributed by atoms with van der Waals surface area (Å²) in [7, 11) is 0. The monoisotopic (exact) mass is 368 g/mol. The van der Waals surface area contributed by atoms with E-state index in [9.17, 15) is 4.79 Å². The van der Waals surface area contributed by atoms with Gasteiger partial charge in [-0.25, -0.2) is 0 Å². The van der Waals surface area contributed by atoms with E-state index in [4.69, 9.17) is 0 Å². The van der Waals surface area contributed by atoms with Crippen molar-refractivity contribution in [2.45, 2.75) is 73.5 Å². The van der Waals surface area contributed by atoms with Crippen LogP contribution in [0.25, 0.3) is 0 Å². The Labute approximate surface area is 165 Å². The molecule has 2 rings (SSSR count). The van der Waals surface area contributed by atoms with E-state index < -0.39 is 0 Å². The van der Waals surface area contributed by atoms with Crippen molar-refractivity contribution in [3.8, 4) is 0 Å². The van der Waals surface area contributed by atoms with Gasteiger partial charge in [-0.1, -0.05) is 58.0 Å². The highest BCUT2D eigenvalue weighted by molar-refractivity contribution is 5.76. The van der Waals surface area contributed by atoms with Gasteiger partial charge in [-0.05, 0) is 49.3 Å². The number of hydrogen-bond acceptors (Lipinski definition) is 1. The van der Waals surface area contributed by atoms with E-state index in [0.29, 0.717) is 18.9 Å². The largest absolute Gasteiger partial charge is 0.345 e. The van der Waals surface area contributed by atoms with E-state index in [0.717, 1.165) is 13.0 Å². The van der Waals surface area contributed by atoms with Crippen LogP contribution in [0.3, 0.4) is 0 Å². The summed E-state index contributed by atoms with van der Waals surface area (Å²) >= 11 is 0. The Morgan fingerprint density at radius 3 is 2.30 bits per heavy atom. The van der Waals surface area contributed by atoms with Crippen LogP contribution in [0.5, 0.6) is 0 Å². The Morgan fingerprint density at radius 2 is 1.70 bits per heavy atom. The van der Waals surface area contributed by atoms with Crippen LogP contribution < -0.4 is 0 Å². The normalized spacial score (nSPS) is 13.0. The Balaban J connectivity index is 2.06. The molecule has 148 valence electrons. The second-order valence-corrected chi connectivity index (χ2v) is 9.30. The molecule has 3 nitrogen and oxygen atoms in total. The van der Waals surface area contributed by atoms with E-state index in [1.54, 1.807) is 0 Å². The summed E-state index contributed by atoms with van der Waals surface area (Å²) in [5.41, 5.74) is 2.72. The summed E-state index contributed by atoms with van der Waals surface area (Å²) in [5.74, 6) is 0.657. The molecule has 1 aromatic carbocycles. The number of benzene rings is 1. The topological polar surface area (TPSA) is 25.2 Å². The van der Waals surface area contributed by atoms with Gasteiger partial charge in [0.05, 0.1) is 6.54 Å². The predicted octanol–water partition coefficient (Wildman–Crippen LogP) is 5.74. The highest BCUT2D eigenvalue weighted by Crippen LogP contribution is 2.27. The predicted molar refractivity (Wildman–Crippen MR) is 114 cm³/mol. The minimum atomic E-state index is 0.194. The third kappa shape index (κ3) is 6.89. The van der Waals surface area contributed by atoms with Gasteiger partial charge in [-0.2, -0.15) is 0 Å². The van der Waals surface area contributed by atoms with Crippen molar-refractivity contribution in [1.29, 1.82) is 0 Å². The molecule has 1 atom stereocenters. The van der Waals surface area contributed by atoms with Gasteiger partial charge in [-0.3, -0.25) is 4.79 Å². The van der Waals surface area contributed by atoms with E-state index in [2.05, 4.69) is 88.7 Å². The molecule has 0 aliphatic heterocycles. The second kappa shape index (κ2) is 9.25. The molecule has 0 radical (unpaired) electrons. The minimum Gasteiger partial charge on any atom is -0.345 e. The maximum absolute atomic E-state index is 13.0. The van der Waals surface area contributed by atoms with Crippen molar-refractivity contribution >= 4 is 5.91 Å². The molecule has 0 aliphatic carbocycles. The standard InChI is InChI=1S/C24H36N2O/c1-19(2)26(23(27)15-20(3)16-24(4,5)6)18-22-13-10-14-25(22)17-21-11-8-7-9-12-21/h7-14,19-20H,15-18H2,1-6H3/t20-/m1/s1. The van der Waals surface area contributed by atoms with E-state index in [1.807, 2.05) is 11.0 Å². The lowest BCUT2D eigenvalue weighted by molar-refractivity contribution is -0.134. The molecule has 0 bridgehead atoms. The Bertz CT molecular complexity index is 709. The molecule has 2 aromatic rings. The molecule has 27 heavy (non-hydrogen) atoms. The first-order chi connectivity index (χ1) is 12.7. The average molecular weight is 369 g/mol. The van der Waals surface area contributed by atoms with Crippen LogP contribution in [0.4, 0.5) is 0 Å². The zero-order chi connectivity index (χ0) is 20.0. The number of aromatic nitrogens is 1. The zero-order valence-electron chi connectivity index (χ0n) is 17.9. The summed E-state index contributed by atoms with van der Waals surface area (Å²) in [5, 5.41) is 0. The molecule has 1 aromatic heterocycles. The molecular weight excluding hydrogens is 332 g/mol. The van der Waals surface area contributed by atoms with Crippen molar-refractivity contribution in [1.82, 2.24) is 9.47 Å². The van der Waals surface area contributed by atoms with Crippen molar-refractivity contribution in [2.75, 3.05) is 0 Å². The Hall–Kier alpha value is -2.03. The molecular formula is C24H36N2O. The third-order valence-electron chi connectivity index (χ3n) is 4.88. The van der Waals surface area contributed by atoms with Crippen molar-refractivity contribution in [2.24, 2.45) is 11.3 Å². The first-order valence-electron chi connectivity index (χ1n) is 10.1. The number of amides is 1. The van der Waals surface area contributed by atoms with Crippen molar-refractivity contribution < 1.29 is 4.79 Å². The molecule has 1 amide bonds. The van der Waals surface area contributed by atoms with Crippen LogP contribution >= 0.6 is 0 Å². The second-order valence-electron chi connectivity index (χ2n) is 9.30. The molecule has 0 aliphatic rings. The summed E-state index contributed by atoms with van der Waals surface area (Å²) in [6.07, 6.45) is 3.79. The Morgan fingerprint density at radius 1 is 1.04 bits per heavy atom. The van der Waals surface area contributed by atoms with Crippen molar-refractivity contribution in [3.05, 3.63) is 59.9 Å². The smallest absolute Gasteiger partial charge is 0.223 e. The van der Waals surface area contributed by atoms with Crippen LogP contribution in [-0.4, -0.2) is 21.4 Å². The third-order valence-corrected chi connectivity index (χ3v) is 4.88. The number of rotatable bonds is 8. The molecule has 3 heteroatoms. The van der Waals surface area contributed by atoms with Gasteiger partial charge in [0.15, 0.2) is 0 Å². The van der Waals surface area contributed by atoms with Gasteiger partial charge < -0.3 is 9.47 Å². The maximum atomic E-state index is 13.0. The number of carbonyl (C=O) groups is 1. The lowest BCUT2D eigenvalue weighted by atomic mass is 9.84. The SMILES string of the molecule is CC(C)N(Cc1cccn1Cc1ccccc1)C(=O)C[C@@H](C)CC(C)(C)C. The lowest BCUT2D eigenvalue weighted by Crippen LogP contribution is -2.38. The average Bonchev–Trinajstić information content (AvgIpc) is 2.98. The number of carbonyl (C=O) groups excluding carboxylic acids is 1. The van der Waals surface area contributed by atoms with Gasteiger partial charge in [-0.15, -0.1) is 0 Å². The highest BCUT2D eigenvalue weighted by Gasteiger charge is 2.23. The lowest BCUT2D eigenvalue weighted by Gasteiger charge is -2.30. The van der Waals surface area contributed by atoms with E-state index in [-0.39, 0.29) is 17.4 Å². The van der Waals surface area contributed by atoms with Crippen LogP contribution in [0.15, 0.2) is 48.7 Å². The molecule has 0 saturated heterocycles. The van der Waals surface area contributed by atoms with Crippen LogP contribution in [0.1, 0.15) is 65.6 Å². The van der Waals surface area contributed by atoms with E-state index >= 15 is 0 Å². The van der Waals surface area contributed by atoms with Crippen LogP contribution in [0, 0.1) is 11.3 Å². The van der Waals surface area contributed by atoms with Crippen LogP contribution in [0.2, 0.25) is 0 Å². The van der Waals surface area contributed by atoms with Gasteiger partial charge in [0.1, 0.15) is 0 Å². The first kappa shape index (κ1) is 21.3. The summed E-state index contributed by atoms with van der Waals surface area (Å²) in [4.78, 5) is 15.0. The molecule has 0 N–H and O–H groups in total. The maximum Gasteiger partial charge on any atom is 0.223 e. The zero-order valence-corrected chi connectivity index (χ0v) is 17.9. The number of hydrogen-bond donors (Lipinski definition) is 0. The first-order valence-corrected chi connectivity index (χ1v) is 10.1. The fourth-order valence-electron chi connectivity index (χ4n) is 3.79. The van der Waals surface area contributed by atoms with Crippen molar-refractivity contribution in [3.63, 3.8) is 0 Å². The molecule has 0 saturated carbocycles. The quantitative estimate of drug-likeness (QED) is 0.583. The molecule has 1 heterocycles. The van der Waals surface area contributed by atoms with Crippen LogP contribution in [-0.2, 0) is 17.9 Å².